The van der Waals surface area contributed by atoms with E-state index >= 15 is 0 Å². The highest BCUT2D eigenvalue weighted by atomic mass is 15.0. The molecule has 0 bridgehead atoms. The zero-order valence-corrected chi connectivity index (χ0v) is 12.5. The molecule has 108 valence electrons. The van der Waals surface area contributed by atoms with Crippen molar-refractivity contribution >= 4 is 0 Å². The van der Waals surface area contributed by atoms with Gasteiger partial charge in [0.25, 0.3) is 0 Å². The Kier molecular flexibility index (Phi) is 7.13. The van der Waals surface area contributed by atoms with Gasteiger partial charge < -0.3 is 4.57 Å². The van der Waals surface area contributed by atoms with Crippen LogP contribution in [0.5, 0.6) is 0 Å². The Hall–Kier alpha value is -0.720. The fraction of sp³-hybridized carbons (Fsp3) is 0.778. The fourth-order valence-corrected chi connectivity index (χ4v) is 3.38. The van der Waals surface area contributed by atoms with Gasteiger partial charge in [0.1, 0.15) is 0 Å². The summed E-state index contributed by atoms with van der Waals surface area (Å²) in [4.78, 5) is 0. The summed E-state index contributed by atoms with van der Waals surface area (Å²) in [6.45, 7) is 0. The van der Waals surface area contributed by atoms with E-state index in [0.29, 0.717) is 0 Å². The molecule has 19 heavy (non-hydrogen) atoms. The summed E-state index contributed by atoms with van der Waals surface area (Å²) in [5, 5.41) is 0. The number of hydrogen-bond donors (Lipinski definition) is 0. The molecule has 0 radical (unpaired) electrons. The van der Waals surface area contributed by atoms with Crippen molar-refractivity contribution in [3.05, 3.63) is 24.5 Å². The number of rotatable bonds is 1. The van der Waals surface area contributed by atoms with Crippen molar-refractivity contribution in [2.45, 2.75) is 89.5 Å². The van der Waals surface area contributed by atoms with Crippen LogP contribution >= 0.6 is 0 Å². The minimum atomic E-state index is 0.762. The van der Waals surface area contributed by atoms with Gasteiger partial charge in [-0.15, -0.1) is 0 Å². The van der Waals surface area contributed by atoms with E-state index in [1.165, 1.54) is 83.5 Å². The topological polar surface area (TPSA) is 4.93 Å². The standard InChI is InChI=1S/C18H31N/c1-2-4-6-8-10-14-18(19-16-12-13-17-19)15-11-9-7-5-3-1/h12-13,16-18H,1-11,14-15H2. The van der Waals surface area contributed by atoms with Crippen molar-refractivity contribution in [2.24, 2.45) is 0 Å². The zero-order valence-electron chi connectivity index (χ0n) is 12.5. The van der Waals surface area contributed by atoms with Crippen LogP contribution in [0, 0.1) is 0 Å². The van der Waals surface area contributed by atoms with Crippen molar-refractivity contribution in [3.63, 3.8) is 0 Å². The molecular weight excluding hydrogens is 230 g/mol. The number of aromatic nitrogens is 1. The summed E-state index contributed by atoms with van der Waals surface area (Å²) >= 11 is 0. The molecule has 0 N–H and O–H groups in total. The fourth-order valence-electron chi connectivity index (χ4n) is 3.38. The molecule has 1 heteroatoms. The summed E-state index contributed by atoms with van der Waals surface area (Å²) in [5.41, 5.74) is 0. The quantitative estimate of drug-likeness (QED) is 0.574. The average Bonchev–Trinajstić information content (AvgIpc) is 2.95. The molecule has 1 aromatic heterocycles. The Morgan fingerprint density at radius 2 is 0.895 bits per heavy atom. The summed E-state index contributed by atoms with van der Waals surface area (Å²) in [7, 11) is 0. The molecular formula is C18H31N. The molecule has 0 saturated heterocycles. The van der Waals surface area contributed by atoms with Gasteiger partial charge in [-0.1, -0.05) is 70.6 Å². The highest BCUT2D eigenvalue weighted by Crippen LogP contribution is 2.24. The Balaban J connectivity index is 1.80. The number of nitrogens with zero attached hydrogens (tertiary/aromatic N) is 1. The third-order valence-corrected chi connectivity index (χ3v) is 4.62. The van der Waals surface area contributed by atoms with E-state index in [1.54, 1.807) is 0 Å². The molecule has 1 aliphatic carbocycles. The molecule has 1 heterocycles. The van der Waals surface area contributed by atoms with Crippen LogP contribution in [-0.4, -0.2) is 4.57 Å². The smallest absolute Gasteiger partial charge is 0.0330 e. The van der Waals surface area contributed by atoms with Gasteiger partial charge in [0.2, 0.25) is 0 Å². The lowest BCUT2D eigenvalue weighted by atomic mass is 9.98. The van der Waals surface area contributed by atoms with E-state index in [1.807, 2.05) is 0 Å². The molecule has 0 unspecified atom stereocenters. The Morgan fingerprint density at radius 1 is 0.526 bits per heavy atom. The zero-order chi connectivity index (χ0) is 13.2. The molecule has 0 atom stereocenters. The van der Waals surface area contributed by atoms with E-state index < -0.39 is 0 Å². The van der Waals surface area contributed by atoms with Gasteiger partial charge in [0, 0.05) is 18.4 Å². The molecule has 0 aromatic carbocycles. The Labute approximate surface area is 119 Å². The third kappa shape index (κ3) is 5.84. The Bertz CT molecular complexity index is 288. The van der Waals surface area contributed by atoms with Crippen LogP contribution in [0.15, 0.2) is 24.5 Å². The molecule has 0 aliphatic heterocycles. The van der Waals surface area contributed by atoms with E-state index in [0.717, 1.165) is 6.04 Å². The van der Waals surface area contributed by atoms with Crippen LogP contribution in [0.25, 0.3) is 0 Å². The van der Waals surface area contributed by atoms with Crippen molar-refractivity contribution in [3.8, 4) is 0 Å². The average molecular weight is 261 g/mol. The molecule has 2 rings (SSSR count). The minimum Gasteiger partial charge on any atom is -0.351 e. The van der Waals surface area contributed by atoms with Crippen LogP contribution in [0.3, 0.4) is 0 Å². The molecule has 0 spiro atoms. The van der Waals surface area contributed by atoms with Crippen molar-refractivity contribution in [1.82, 2.24) is 4.57 Å². The van der Waals surface area contributed by atoms with E-state index in [-0.39, 0.29) is 0 Å². The van der Waals surface area contributed by atoms with Crippen LogP contribution in [0.2, 0.25) is 0 Å². The minimum absolute atomic E-state index is 0.762. The normalized spacial score (nSPS) is 21.9. The van der Waals surface area contributed by atoms with E-state index in [4.69, 9.17) is 0 Å². The van der Waals surface area contributed by atoms with Crippen LogP contribution in [-0.2, 0) is 0 Å². The summed E-state index contributed by atoms with van der Waals surface area (Å²) < 4.78 is 2.45. The van der Waals surface area contributed by atoms with Crippen LogP contribution in [0.4, 0.5) is 0 Å². The summed E-state index contributed by atoms with van der Waals surface area (Å²) in [6.07, 6.45) is 23.3. The third-order valence-electron chi connectivity index (χ3n) is 4.62. The van der Waals surface area contributed by atoms with E-state index in [2.05, 4.69) is 29.1 Å². The van der Waals surface area contributed by atoms with Gasteiger partial charge in [-0.25, -0.2) is 0 Å². The first-order valence-corrected chi connectivity index (χ1v) is 8.59. The first-order valence-electron chi connectivity index (χ1n) is 8.59. The first kappa shape index (κ1) is 14.7. The van der Waals surface area contributed by atoms with Gasteiger partial charge >= 0.3 is 0 Å². The predicted octanol–water partition coefficient (Wildman–Crippen LogP) is 6.11. The molecule has 1 aromatic rings. The van der Waals surface area contributed by atoms with Gasteiger partial charge in [-0.3, -0.25) is 0 Å². The summed E-state index contributed by atoms with van der Waals surface area (Å²) in [5.74, 6) is 0. The maximum atomic E-state index is 2.45. The summed E-state index contributed by atoms with van der Waals surface area (Å²) in [6, 6.07) is 5.11. The second kappa shape index (κ2) is 9.23. The first-order chi connectivity index (χ1) is 9.47. The van der Waals surface area contributed by atoms with Crippen molar-refractivity contribution < 1.29 is 0 Å². The molecule has 1 saturated carbocycles. The Morgan fingerprint density at radius 3 is 1.32 bits per heavy atom. The highest BCUT2D eigenvalue weighted by molar-refractivity contribution is 4.93. The molecule has 0 amide bonds. The maximum absolute atomic E-state index is 2.45. The molecule has 1 fully saturated rings. The lowest BCUT2D eigenvalue weighted by Gasteiger charge is -2.19. The molecule has 1 nitrogen and oxygen atoms in total. The van der Waals surface area contributed by atoms with Crippen molar-refractivity contribution in [1.29, 1.82) is 0 Å². The molecule has 1 aliphatic rings. The lowest BCUT2D eigenvalue weighted by Crippen LogP contribution is -2.07. The SMILES string of the molecule is c1ccn(C2CCCCCCCCCCCCC2)c1. The van der Waals surface area contributed by atoms with Crippen LogP contribution in [0.1, 0.15) is 89.5 Å². The predicted molar refractivity (Wildman–Crippen MR) is 83.5 cm³/mol. The van der Waals surface area contributed by atoms with Gasteiger partial charge in [0.15, 0.2) is 0 Å². The van der Waals surface area contributed by atoms with E-state index in [9.17, 15) is 0 Å². The lowest BCUT2D eigenvalue weighted by molar-refractivity contribution is 0.391. The second-order valence-corrected chi connectivity index (χ2v) is 6.25. The number of hydrogen-bond acceptors (Lipinski definition) is 0. The monoisotopic (exact) mass is 261 g/mol. The van der Waals surface area contributed by atoms with Gasteiger partial charge in [-0.05, 0) is 25.0 Å². The van der Waals surface area contributed by atoms with Gasteiger partial charge in [-0.2, -0.15) is 0 Å². The van der Waals surface area contributed by atoms with Crippen LogP contribution < -0.4 is 0 Å². The second-order valence-electron chi connectivity index (χ2n) is 6.25. The highest BCUT2D eigenvalue weighted by Gasteiger charge is 2.09. The van der Waals surface area contributed by atoms with Gasteiger partial charge in [0.05, 0.1) is 0 Å². The van der Waals surface area contributed by atoms with Crippen molar-refractivity contribution in [2.75, 3.05) is 0 Å². The maximum Gasteiger partial charge on any atom is 0.0330 e. The largest absolute Gasteiger partial charge is 0.351 e.